The van der Waals surface area contributed by atoms with Crippen LogP contribution in [0.25, 0.3) is 6.08 Å². The number of halogens is 3. The highest BCUT2D eigenvalue weighted by molar-refractivity contribution is 5.89. The van der Waals surface area contributed by atoms with Crippen LogP contribution < -0.4 is 0 Å². The molecule has 0 amide bonds. The van der Waals surface area contributed by atoms with Gasteiger partial charge in [0, 0.05) is 5.56 Å². The van der Waals surface area contributed by atoms with Crippen molar-refractivity contribution in [3.8, 4) is 0 Å². The van der Waals surface area contributed by atoms with Gasteiger partial charge in [0.1, 0.15) is 0 Å². The Bertz CT molecular complexity index is 382. The minimum absolute atomic E-state index is 0.192. The van der Waals surface area contributed by atoms with E-state index in [2.05, 4.69) is 0 Å². The fraction of sp³-hybridized carbons (Fsp3) is 0.100. The SMILES string of the molecule is O=C(O)/C(F)=C/c1ccc(C(F)F)cc1. The second-order valence-electron chi connectivity index (χ2n) is 2.76. The first-order valence-corrected chi connectivity index (χ1v) is 3.99. The molecule has 0 aliphatic carbocycles. The van der Waals surface area contributed by atoms with E-state index in [4.69, 9.17) is 5.11 Å². The zero-order chi connectivity index (χ0) is 11.4. The zero-order valence-corrected chi connectivity index (χ0v) is 7.45. The van der Waals surface area contributed by atoms with Gasteiger partial charge in [0.25, 0.3) is 6.43 Å². The van der Waals surface area contributed by atoms with Gasteiger partial charge in [0.05, 0.1) is 0 Å². The smallest absolute Gasteiger partial charge is 0.364 e. The molecule has 0 saturated heterocycles. The molecule has 1 aromatic rings. The summed E-state index contributed by atoms with van der Waals surface area (Å²) in [6.45, 7) is 0. The molecule has 5 heteroatoms. The first kappa shape index (κ1) is 11.3. The van der Waals surface area contributed by atoms with Crippen molar-refractivity contribution < 1.29 is 23.1 Å². The van der Waals surface area contributed by atoms with Crippen LogP contribution in [0.15, 0.2) is 30.1 Å². The number of hydrogen-bond acceptors (Lipinski definition) is 1. The van der Waals surface area contributed by atoms with Crippen molar-refractivity contribution in [2.24, 2.45) is 0 Å². The average molecular weight is 216 g/mol. The van der Waals surface area contributed by atoms with Crippen molar-refractivity contribution in [1.29, 1.82) is 0 Å². The first-order valence-electron chi connectivity index (χ1n) is 3.99. The molecule has 2 nitrogen and oxygen atoms in total. The summed E-state index contributed by atoms with van der Waals surface area (Å²) < 4.78 is 36.8. The molecule has 0 bridgehead atoms. The lowest BCUT2D eigenvalue weighted by Gasteiger charge is -1.99. The second-order valence-corrected chi connectivity index (χ2v) is 2.76. The van der Waals surface area contributed by atoms with Gasteiger partial charge in [-0.05, 0) is 11.6 Å². The van der Waals surface area contributed by atoms with Gasteiger partial charge < -0.3 is 5.11 Å². The van der Waals surface area contributed by atoms with Gasteiger partial charge in [0.2, 0.25) is 5.83 Å². The maximum Gasteiger partial charge on any atom is 0.364 e. The molecule has 0 unspecified atom stereocenters. The average Bonchev–Trinajstić information content (AvgIpc) is 2.18. The number of aliphatic carboxylic acids is 1. The molecule has 1 aromatic carbocycles. The summed E-state index contributed by atoms with van der Waals surface area (Å²) in [6.07, 6.45) is -1.83. The standard InChI is InChI=1S/C10H7F3O2/c11-8(10(14)15)5-6-1-3-7(4-2-6)9(12)13/h1-5,9H,(H,14,15)/b8-5-. The lowest BCUT2D eigenvalue weighted by atomic mass is 10.1. The monoisotopic (exact) mass is 216 g/mol. The summed E-state index contributed by atoms with van der Waals surface area (Å²) in [6, 6.07) is 4.69. The van der Waals surface area contributed by atoms with Crippen molar-refractivity contribution in [3.05, 3.63) is 41.2 Å². The second kappa shape index (κ2) is 4.63. The van der Waals surface area contributed by atoms with E-state index in [0.29, 0.717) is 0 Å². The Hall–Kier alpha value is -1.78. The van der Waals surface area contributed by atoms with Gasteiger partial charge in [-0.2, -0.15) is 4.39 Å². The van der Waals surface area contributed by atoms with Gasteiger partial charge >= 0.3 is 5.97 Å². The highest BCUT2D eigenvalue weighted by Crippen LogP contribution is 2.19. The number of alkyl halides is 2. The van der Waals surface area contributed by atoms with Crippen LogP contribution in [0.2, 0.25) is 0 Å². The number of carboxylic acid groups (broad SMARTS) is 1. The van der Waals surface area contributed by atoms with Gasteiger partial charge in [-0.1, -0.05) is 24.3 Å². The van der Waals surface area contributed by atoms with Crippen molar-refractivity contribution >= 4 is 12.0 Å². The first-order chi connectivity index (χ1) is 7.00. The number of rotatable bonds is 3. The van der Waals surface area contributed by atoms with E-state index in [0.717, 1.165) is 18.2 Å². The molecule has 15 heavy (non-hydrogen) atoms. The van der Waals surface area contributed by atoms with E-state index in [1.165, 1.54) is 12.1 Å². The molecule has 0 atom stereocenters. The van der Waals surface area contributed by atoms with Gasteiger partial charge in [-0.25, -0.2) is 13.6 Å². The molecule has 80 valence electrons. The number of carboxylic acids is 1. The summed E-state index contributed by atoms with van der Waals surface area (Å²) in [5.74, 6) is -3.02. The third-order valence-corrected chi connectivity index (χ3v) is 1.69. The van der Waals surface area contributed by atoms with Crippen LogP contribution in [0.5, 0.6) is 0 Å². The number of carbonyl (C=O) groups is 1. The van der Waals surface area contributed by atoms with Gasteiger partial charge in [0.15, 0.2) is 0 Å². The Balaban J connectivity index is 2.90. The molecule has 0 saturated carbocycles. The fourth-order valence-electron chi connectivity index (χ4n) is 0.946. The quantitative estimate of drug-likeness (QED) is 0.788. The van der Waals surface area contributed by atoms with E-state index in [9.17, 15) is 18.0 Å². The predicted octanol–water partition coefficient (Wildman–Crippen LogP) is 3.02. The molecule has 0 aromatic heterocycles. The van der Waals surface area contributed by atoms with E-state index in [-0.39, 0.29) is 11.1 Å². The minimum atomic E-state index is -2.59. The minimum Gasteiger partial charge on any atom is -0.476 e. The lowest BCUT2D eigenvalue weighted by molar-refractivity contribution is -0.134. The van der Waals surface area contributed by atoms with Crippen molar-refractivity contribution in [3.63, 3.8) is 0 Å². The molecule has 1 rings (SSSR count). The molecule has 0 radical (unpaired) electrons. The van der Waals surface area contributed by atoms with E-state index in [1.807, 2.05) is 0 Å². The third-order valence-electron chi connectivity index (χ3n) is 1.69. The van der Waals surface area contributed by atoms with Crippen molar-refractivity contribution in [2.45, 2.75) is 6.43 Å². The predicted molar refractivity (Wildman–Crippen MR) is 48.1 cm³/mol. The Labute approximate surface area is 83.7 Å². The number of benzene rings is 1. The Morgan fingerprint density at radius 2 is 1.80 bits per heavy atom. The largest absolute Gasteiger partial charge is 0.476 e. The Kier molecular flexibility index (Phi) is 3.49. The molecule has 1 N–H and O–H groups in total. The Morgan fingerprint density at radius 1 is 1.27 bits per heavy atom. The summed E-state index contributed by atoms with van der Waals surface area (Å²) in [7, 11) is 0. The highest BCUT2D eigenvalue weighted by atomic mass is 19.3. The van der Waals surface area contributed by atoms with Crippen LogP contribution in [-0.2, 0) is 4.79 Å². The fourth-order valence-corrected chi connectivity index (χ4v) is 0.946. The molecular weight excluding hydrogens is 209 g/mol. The van der Waals surface area contributed by atoms with E-state index in [1.54, 1.807) is 0 Å². The summed E-state index contributed by atoms with van der Waals surface area (Å²) >= 11 is 0. The summed E-state index contributed by atoms with van der Waals surface area (Å²) in [4.78, 5) is 10.1. The van der Waals surface area contributed by atoms with Crippen LogP contribution in [0.1, 0.15) is 17.6 Å². The summed E-state index contributed by atoms with van der Waals surface area (Å²) in [5, 5.41) is 8.22. The van der Waals surface area contributed by atoms with Crippen LogP contribution >= 0.6 is 0 Å². The van der Waals surface area contributed by atoms with Crippen molar-refractivity contribution in [2.75, 3.05) is 0 Å². The summed E-state index contributed by atoms with van der Waals surface area (Å²) in [5.41, 5.74) is 0.0298. The van der Waals surface area contributed by atoms with Crippen LogP contribution in [0.3, 0.4) is 0 Å². The normalized spacial score (nSPS) is 11.9. The van der Waals surface area contributed by atoms with Crippen molar-refractivity contribution in [1.82, 2.24) is 0 Å². The van der Waals surface area contributed by atoms with E-state index >= 15 is 0 Å². The molecule has 0 aliphatic rings. The topological polar surface area (TPSA) is 37.3 Å². The molecule has 0 aliphatic heterocycles. The molecule has 0 fully saturated rings. The highest BCUT2D eigenvalue weighted by Gasteiger charge is 2.07. The lowest BCUT2D eigenvalue weighted by Crippen LogP contribution is -1.94. The van der Waals surface area contributed by atoms with E-state index < -0.39 is 18.2 Å². The van der Waals surface area contributed by atoms with Crippen LogP contribution in [0.4, 0.5) is 13.2 Å². The number of hydrogen-bond donors (Lipinski definition) is 1. The van der Waals surface area contributed by atoms with Crippen LogP contribution in [-0.4, -0.2) is 11.1 Å². The third kappa shape index (κ3) is 3.12. The maximum absolute atomic E-state index is 12.6. The zero-order valence-electron chi connectivity index (χ0n) is 7.45. The maximum atomic E-state index is 12.6. The van der Waals surface area contributed by atoms with Crippen LogP contribution in [0, 0.1) is 0 Å². The Morgan fingerprint density at radius 3 is 2.20 bits per heavy atom. The van der Waals surface area contributed by atoms with Gasteiger partial charge in [-0.15, -0.1) is 0 Å². The molecular formula is C10H7F3O2. The molecule has 0 heterocycles. The van der Waals surface area contributed by atoms with Gasteiger partial charge in [-0.3, -0.25) is 0 Å². The molecule has 0 spiro atoms.